The van der Waals surface area contributed by atoms with Crippen molar-refractivity contribution in [1.29, 1.82) is 0 Å². The third-order valence-electron chi connectivity index (χ3n) is 1.31. The van der Waals surface area contributed by atoms with Crippen LogP contribution in [-0.2, 0) is 9.47 Å². The molecule has 3 nitrogen and oxygen atoms in total. The van der Waals surface area contributed by atoms with Gasteiger partial charge in [-0.3, -0.25) is 0 Å². The Kier molecular flexibility index (Phi) is 7.89. The zero-order valence-corrected chi connectivity index (χ0v) is 7.38. The van der Waals surface area contributed by atoms with Gasteiger partial charge in [-0.25, -0.2) is 0 Å². The molecule has 0 saturated carbocycles. The Morgan fingerprint density at radius 2 is 2.09 bits per heavy atom. The molecule has 0 fully saturated rings. The van der Waals surface area contributed by atoms with E-state index in [0.29, 0.717) is 13.2 Å². The summed E-state index contributed by atoms with van der Waals surface area (Å²) in [5.74, 6) is 0. The second kappa shape index (κ2) is 7.98. The van der Waals surface area contributed by atoms with Crippen molar-refractivity contribution in [3.8, 4) is 0 Å². The van der Waals surface area contributed by atoms with Crippen molar-refractivity contribution in [2.75, 3.05) is 26.9 Å². The Bertz CT molecular complexity index is 75.7. The normalized spacial score (nSPS) is 13.4. The van der Waals surface area contributed by atoms with Gasteiger partial charge in [0, 0.05) is 13.7 Å². The smallest absolute Gasteiger partial charge is 0.101 e. The first-order valence-corrected chi connectivity index (χ1v) is 4.06. The SMILES string of the molecule is CCCCOCC(O)COC. The van der Waals surface area contributed by atoms with Crippen molar-refractivity contribution < 1.29 is 14.6 Å². The summed E-state index contributed by atoms with van der Waals surface area (Å²) in [6, 6.07) is 0. The van der Waals surface area contributed by atoms with E-state index in [1.54, 1.807) is 7.11 Å². The van der Waals surface area contributed by atoms with E-state index in [-0.39, 0.29) is 0 Å². The van der Waals surface area contributed by atoms with E-state index < -0.39 is 6.10 Å². The van der Waals surface area contributed by atoms with E-state index in [4.69, 9.17) is 14.6 Å². The highest BCUT2D eigenvalue weighted by atomic mass is 16.5. The Morgan fingerprint density at radius 1 is 1.36 bits per heavy atom. The largest absolute Gasteiger partial charge is 0.388 e. The molecule has 1 atom stereocenters. The van der Waals surface area contributed by atoms with Crippen molar-refractivity contribution in [3.05, 3.63) is 0 Å². The van der Waals surface area contributed by atoms with Crippen molar-refractivity contribution in [2.45, 2.75) is 25.9 Å². The third kappa shape index (κ3) is 7.78. The first-order valence-electron chi connectivity index (χ1n) is 4.06. The summed E-state index contributed by atoms with van der Waals surface area (Å²) in [5.41, 5.74) is 0. The van der Waals surface area contributed by atoms with E-state index in [1.165, 1.54) is 0 Å². The van der Waals surface area contributed by atoms with Gasteiger partial charge >= 0.3 is 0 Å². The number of aliphatic hydroxyl groups excluding tert-OH is 1. The fourth-order valence-corrected chi connectivity index (χ4v) is 0.706. The van der Waals surface area contributed by atoms with Crippen LogP contribution in [0.4, 0.5) is 0 Å². The number of ether oxygens (including phenoxy) is 2. The molecule has 0 amide bonds. The quantitative estimate of drug-likeness (QED) is 0.563. The lowest BCUT2D eigenvalue weighted by atomic mass is 10.3. The van der Waals surface area contributed by atoms with Crippen LogP contribution < -0.4 is 0 Å². The lowest BCUT2D eigenvalue weighted by Crippen LogP contribution is -2.21. The lowest BCUT2D eigenvalue weighted by molar-refractivity contribution is -0.00658. The number of rotatable bonds is 7. The van der Waals surface area contributed by atoms with Gasteiger partial charge in [0.25, 0.3) is 0 Å². The average molecular weight is 162 g/mol. The summed E-state index contributed by atoms with van der Waals surface area (Å²) in [6.07, 6.45) is 1.71. The molecule has 0 aromatic heterocycles. The second-order valence-corrected chi connectivity index (χ2v) is 2.54. The van der Waals surface area contributed by atoms with E-state index in [9.17, 15) is 0 Å². The predicted octanol–water partition coefficient (Wildman–Crippen LogP) is 0.810. The monoisotopic (exact) mass is 162 g/mol. The molecule has 0 aliphatic heterocycles. The van der Waals surface area contributed by atoms with Gasteiger partial charge in [0.05, 0.1) is 13.2 Å². The Labute approximate surface area is 68.3 Å². The summed E-state index contributed by atoms with van der Waals surface area (Å²) in [7, 11) is 1.56. The summed E-state index contributed by atoms with van der Waals surface area (Å²) >= 11 is 0. The zero-order chi connectivity index (χ0) is 8.53. The van der Waals surface area contributed by atoms with Crippen molar-refractivity contribution in [3.63, 3.8) is 0 Å². The Balaban J connectivity index is 2.97. The molecule has 0 aromatic carbocycles. The zero-order valence-electron chi connectivity index (χ0n) is 7.38. The van der Waals surface area contributed by atoms with Crippen molar-refractivity contribution in [2.24, 2.45) is 0 Å². The van der Waals surface area contributed by atoms with E-state index in [2.05, 4.69) is 6.92 Å². The molecule has 0 radical (unpaired) electrons. The van der Waals surface area contributed by atoms with Crippen LogP contribution in [0, 0.1) is 0 Å². The molecule has 11 heavy (non-hydrogen) atoms. The van der Waals surface area contributed by atoms with Crippen LogP contribution in [0.25, 0.3) is 0 Å². The lowest BCUT2D eigenvalue weighted by Gasteiger charge is -2.09. The molecule has 0 heterocycles. The standard InChI is InChI=1S/C8H18O3/c1-3-4-5-11-7-8(9)6-10-2/h8-9H,3-7H2,1-2H3. The summed E-state index contributed by atoms with van der Waals surface area (Å²) in [4.78, 5) is 0. The first-order chi connectivity index (χ1) is 5.31. The van der Waals surface area contributed by atoms with Gasteiger partial charge in [0.1, 0.15) is 6.10 Å². The number of hydrogen-bond acceptors (Lipinski definition) is 3. The topological polar surface area (TPSA) is 38.7 Å². The minimum atomic E-state index is -0.475. The van der Waals surface area contributed by atoms with Gasteiger partial charge in [-0.2, -0.15) is 0 Å². The van der Waals surface area contributed by atoms with Crippen LogP contribution in [0.3, 0.4) is 0 Å². The van der Waals surface area contributed by atoms with Gasteiger partial charge in [-0.15, -0.1) is 0 Å². The molecular weight excluding hydrogens is 144 g/mol. The molecule has 0 aliphatic carbocycles. The van der Waals surface area contributed by atoms with Gasteiger partial charge in [-0.1, -0.05) is 13.3 Å². The van der Waals surface area contributed by atoms with Crippen LogP contribution in [-0.4, -0.2) is 38.1 Å². The molecule has 0 bridgehead atoms. The fraction of sp³-hybridized carbons (Fsp3) is 1.00. The van der Waals surface area contributed by atoms with Crippen LogP contribution in [0.15, 0.2) is 0 Å². The summed E-state index contributed by atoms with van der Waals surface area (Å²) in [6.45, 7) is 3.58. The molecule has 0 aliphatic rings. The second-order valence-electron chi connectivity index (χ2n) is 2.54. The molecule has 1 N–H and O–H groups in total. The van der Waals surface area contributed by atoms with E-state index in [0.717, 1.165) is 19.4 Å². The third-order valence-corrected chi connectivity index (χ3v) is 1.31. The Hall–Kier alpha value is -0.120. The average Bonchev–Trinajstić information content (AvgIpc) is 1.99. The van der Waals surface area contributed by atoms with Crippen LogP contribution in [0.1, 0.15) is 19.8 Å². The maximum atomic E-state index is 9.10. The van der Waals surface area contributed by atoms with Crippen LogP contribution in [0.2, 0.25) is 0 Å². The van der Waals surface area contributed by atoms with Gasteiger partial charge in [0.2, 0.25) is 0 Å². The molecule has 0 aromatic rings. The van der Waals surface area contributed by atoms with Crippen LogP contribution in [0.5, 0.6) is 0 Å². The minimum absolute atomic E-state index is 0.353. The fourth-order valence-electron chi connectivity index (χ4n) is 0.706. The minimum Gasteiger partial charge on any atom is -0.388 e. The molecule has 1 unspecified atom stereocenters. The number of aliphatic hydroxyl groups is 1. The predicted molar refractivity (Wildman–Crippen MR) is 43.6 cm³/mol. The van der Waals surface area contributed by atoms with Gasteiger partial charge < -0.3 is 14.6 Å². The number of hydrogen-bond donors (Lipinski definition) is 1. The first kappa shape index (κ1) is 10.9. The highest BCUT2D eigenvalue weighted by Gasteiger charge is 2.01. The van der Waals surface area contributed by atoms with Gasteiger partial charge in [0.15, 0.2) is 0 Å². The molecule has 0 spiro atoms. The summed E-state index contributed by atoms with van der Waals surface area (Å²) < 4.78 is 9.89. The maximum Gasteiger partial charge on any atom is 0.101 e. The number of methoxy groups -OCH3 is 1. The van der Waals surface area contributed by atoms with Crippen LogP contribution >= 0.6 is 0 Å². The van der Waals surface area contributed by atoms with E-state index in [1.807, 2.05) is 0 Å². The highest BCUT2D eigenvalue weighted by molar-refractivity contribution is 4.49. The molecular formula is C8H18O3. The molecule has 0 saturated heterocycles. The number of unbranched alkanes of at least 4 members (excludes halogenated alkanes) is 1. The molecule has 68 valence electrons. The summed E-state index contributed by atoms with van der Waals surface area (Å²) in [5, 5.41) is 9.10. The highest BCUT2D eigenvalue weighted by Crippen LogP contribution is 1.90. The van der Waals surface area contributed by atoms with Crippen molar-refractivity contribution >= 4 is 0 Å². The van der Waals surface area contributed by atoms with Crippen molar-refractivity contribution in [1.82, 2.24) is 0 Å². The van der Waals surface area contributed by atoms with Gasteiger partial charge in [-0.05, 0) is 6.42 Å². The molecule has 0 rings (SSSR count). The Morgan fingerprint density at radius 3 is 2.64 bits per heavy atom. The maximum absolute atomic E-state index is 9.10. The molecule has 3 heteroatoms. The van der Waals surface area contributed by atoms with E-state index >= 15 is 0 Å².